The minimum atomic E-state index is -0.215. The number of morpholine rings is 1. The lowest BCUT2D eigenvalue weighted by Gasteiger charge is -2.27. The van der Waals surface area contributed by atoms with Gasteiger partial charge in [0.25, 0.3) is 5.91 Å². The molecule has 0 bridgehead atoms. The van der Waals surface area contributed by atoms with Crippen LogP contribution in [-0.2, 0) is 11.3 Å². The van der Waals surface area contributed by atoms with Crippen molar-refractivity contribution in [1.82, 2.24) is 25.3 Å². The predicted molar refractivity (Wildman–Crippen MR) is 92.6 cm³/mol. The third-order valence-corrected chi connectivity index (χ3v) is 3.68. The van der Waals surface area contributed by atoms with Gasteiger partial charge in [0.05, 0.1) is 25.3 Å². The molecule has 1 aliphatic heterocycles. The third kappa shape index (κ3) is 4.38. The average Bonchev–Trinajstić information content (AvgIpc) is 2.67. The van der Waals surface area contributed by atoms with Crippen LogP contribution in [0.5, 0.6) is 0 Å². The van der Waals surface area contributed by atoms with Crippen molar-refractivity contribution in [3.8, 4) is 0 Å². The van der Waals surface area contributed by atoms with E-state index in [0.717, 1.165) is 13.1 Å². The molecule has 3 heterocycles. The van der Waals surface area contributed by atoms with E-state index in [-0.39, 0.29) is 12.5 Å². The van der Waals surface area contributed by atoms with Crippen molar-refractivity contribution in [3.05, 3.63) is 35.9 Å². The van der Waals surface area contributed by atoms with Crippen molar-refractivity contribution >= 4 is 17.8 Å². The molecule has 1 N–H and O–H groups in total. The van der Waals surface area contributed by atoms with Gasteiger partial charge in [0, 0.05) is 39.6 Å². The van der Waals surface area contributed by atoms with E-state index in [9.17, 15) is 4.79 Å². The number of pyridine rings is 1. The van der Waals surface area contributed by atoms with Gasteiger partial charge in [0.1, 0.15) is 0 Å². The van der Waals surface area contributed by atoms with E-state index in [4.69, 9.17) is 4.74 Å². The van der Waals surface area contributed by atoms with Gasteiger partial charge >= 0.3 is 0 Å². The summed E-state index contributed by atoms with van der Waals surface area (Å²) >= 11 is 0. The smallest absolute Gasteiger partial charge is 0.253 e. The van der Waals surface area contributed by atoms with E-state index in [1.54, 1.807) is 18.3 Å². The second kappa shape index (κ2) is 7.84. The monoisotopic (exact) mass is 343 g/mol. The maximum Gasteiger partial charge on any atom is 0.253 e. The lowest BCUT2D eigenvalue weighted by Crippen LogP contribution is -2.38. The van der Waals surface area contributed by atoms with Crippen molar-refractivity contribution in [3.63, 3.8) is 0 Å². The number of anilines is 2. The van der Waals surface area contributed by atoms with Gasteiger partial charge in [-0.15, -0.1) is 0 Å². The Morgan fingerprint density at radius 2 is 2.08 bits per heavy atom. The van der Waals surface area contributed by atoms with Crippen LogP contribution in [0.25, 0.3) is 0 Å². The molecule has 9 heteroatoms. The van der Waals surface area contributed by atoms with Crippen molar-refractivity contribution in [2.45, 2.75) is 6.54 Å². The number of carbonyl (C=O) groups excluding carboxylic acids is 1. The van der Waals surface area contributed by atoms with E-state index in [1.807, 2.05) is 19.0 Å². The Hall–Kier alpha value is -2.81. The number of hydrogen-bond donors (Lipinski definition) is 1. The minimum Gasteiger partial charge on any atom is -0.378 e. The van der Waals surface area contributed by atoms with Crippen molar-refractivity contribution in [2.75, 3.05) is 50.2 Å². The number of nitrogens with zero attached hydrogens (tertiary/aromatic N) is 6. The summed E-state index contributed by atoms with van der Waals surface area (Å²) in [4.78, 5) is 33.4. The quantitative estimate of drug-likeness (QED) is 0.816. The molecule has 1 fully saturated rings. The first-order chi connectivity index (χ1) is 12.1. The molecule has 0 saturated carbocycles. The van der Waals surface area contributed by atoms with E-state index in [1.165, 1.54) is 6.20 Å². The molecule has 0 spiro atoms. The molecular weight excluding hydrogens is 322 g/mol. The van der Waals surface area contributed by atoms with Gasteiger partial charge in [-0.1, -0.05) is 0 Å². The highest BCUT2D eigenvalue weighted by molar-refractivity contribution is 5.93. The molecule has 0 aromatic carbocycles. The third-order valence-electron chi connectivity index (χ3n) is 3.68. The first-order valence-corrected chi connectivity index (χ1v) is 8.06. The normalized spacial score (nSPS) is 14.2. The maximum atomic E-state index is 12.2. The topological polar surface area (TPSA) is 96.4 Å². The fraction of sp³-hybridized carbons (Fsp3) is 0.438. The average molecular weight is 343 g/mol. The van der Waals surface area contributed by atoms with Crippen LogP contribution in [0.1, 0.15) is 16.2 Å². The van der Waals surface area contributed by atoms with Crippen LogP contribution in [0, 0.1) is 0 Å². The number of rotatable bonds is 5. The maximum absolute atomic E-state index is 12.2. The SMILES string of the molecule is CN(C)c1nc(CNC(=O)c2cccnc2)nc(N2CCOCC2)n1. The zero-order chi connectivity index (χ0) is 17.6. The van der Waals surface area contributed by atoms with Gasteiger partial charge in [0.2, 0.25) is 11.9 Å². The summed E-state index contributed by atoms with van der Waals surface area (Å²) in [6.45, 7) is 2.98. The van der Waals surface area contributed by atoms with Gasteiger partial charge in [-0.2, -0.15) is 15.0 Å². The Bertz CT molecular complexity index is 718. The first-order valence-electron chi connectivity index (χ1n) is 8.06. The molecule has 2 aromatic rings. The largest absolute Gasteiger partial charge is 0.378 e. The summed E-state index contributed by atoms with van der Waals surface area (Å²) in [6, 6.07) is 3.43. The van der Waals surface area contributed by atoms with Gasteiger partial charge in [0.15, 0.2) is 5.82 Å². The van der Waals surface area contributed by atoms with Crippen molar-refractivity contribution in [2.24, 2.45) is 0 Å². The summed E-state index contributed by atoms with van der Waals surface area (Å²) in [5.41, 5.74) is 0.498. The molecule has 1 aliphatic rings. The molecule has 3 rings (SSSR count). The van der Waals surface area contributed by atoms with Crippen LogP contribution in [-0.4, -0.2) is 66.2 Å². The van der Waals surface area contributed by atoms with E-state index in [0.29, 0.717) is 36.5 Å². The van der Waals surface area contributed by atoms with Crippen molar-refractivity contribution < 1.29 is 9.53 Å². The number of hydrogen-bond acceptors (Lipinski definition) is 8. The standard InChI is InChI=1S/C16H21N7O2/c1-22(2)15-19-13(11-18-14(24)12-4-3-5-17-10-12)20-16(21-15)23-6-8-25-9-7-23/h3-5,10H,6-9,11H2,1-2H3,(H,18,24). The van der Waals surface area contributed by atoms with E-state index in [2.05, 4.69) is 30.2 Å². The molecule has 2 aromatic heterocycles. The Morgan fingerprint density at radius 3 is 2.76 bits per heavy atom. The number of carbonyl (C=O) groups is 1. The number of amides is 1. The second-order valence-electron chi connectivity index (χ2n) is 5.77. The second-order valence-corrected chi connectivity index (χ2v) is 5.77. The molecule has 0 aliphatic carbocycles. The fourth-order valence-corrected chi connectivity index (χ4v) is 2.34. The number of nitrogens with one attached hydrogen (secondary N) is 1. The van der Waals surface area contributed by atoms with Gasteiger partial charge in [-0.3, -0.25) is 9.78 Å². The highest BCUT2D eigenvalue weighted by Gasteiger charge is 2.17. The van der Waals surface area contributed by atoms with Crippen molar-refractivity contribution in [1.29, 1.82) is 0 Å². The highest BCUT2D eigenvalue weighted by atomic mass is 16.5. The molecular formula is C16H21N7O2. The Kier molecular flexibility index (Phi) is 5.34. The van der Waals surface area contributed by atoms with Gasteiger partial charge in [-0.25, -0.2) is 0 Å². The van der Waals surface area contributed by atoms with Crippen LogP contribution in [0.15, 0.2) is 24.5 Å². The minimum absolute atomic E-state index is 0.215. The molecule has 0 radical (unpaired) electrons. The first kappa shape index (κ1) is 17.0. The molecule has 0 unspecified atom stereocenters. The molecule has 9 nitrogen and oxygen atoms in total. The Morgan fingerprint density at radius 1 is 1.28 bits per heavy atom. The number of ether oxygens (including phenoxy) is 1. The molecule has 0 atom stereocenters. The zero-order valence-corrected chi connectivity index (χ0v) is 14.3. The molecule has 25 heavy (non-hydrogen) atoms. The summed E-state index contributed by atoms with van der Waals surface area (Å²) < 4.78 is 5.37. The summed E-state index contributed by atoms with van der Waals surface area (Å²) in [5, 5.41) is 2.82. The molecule has 132 valence electrons. The molecule has 1 amide bonds. The van der Waals surface area contributed by atoms with Crippen LogP contribution in [0.4, 0.5) is 11.9 Å². The van der Waals surface area contributed by atoms with Gasteiger partial charge < -0.3 is 19.9 Å². The van der Waals surface area contributed by atoms with Crippen LogP contribution < -0.4 is 15.1 Å². The van der Waals surface area contributed by atoms with Gasteiger partial charge in [-0.05, 0) is 12.1 Å². The summed E-state index contributed by atoms with van der Waals surface area (Å²) in [6.07, 6.45) is 3.15. The predicted octanol–water partition coefficient (Wildman–Crippen LogP) is 0.0992. The lowest BCUT2D eigenvalue weighted by molar-refractivity contribution is 0.0949. The Balaban J connectivity index is 1.75. The highest BCUT2D eigenvalue weighted by Crippen LogP contribution is 2.14. The van der Waals surface area contributed by atoms with E-state index < -0.39 is 0 Å². The summed E-state index contributed by atoms with van der Waals surface area (Å²) in [5.74, 6) is 1.46. The lowest BCUT2D eigenvalue weighted by atomic mass is 10.3. The summed E-state index contributed by atoms with van der Waals surface area (Å²) in [7, 11) is 3.74. The van der Waals surface area contributed by atoms with E-state index >= 15 is 0 Å². The fourth-order valence-electron chi connectivity index (χ4n) is 2.34. The molecule has 1 saturated heterocycles. The van der Waals surface area contributed by atoms with Crippen LogP contribution >= 0.6 is 0 Å². The van der Waals surface area contributed by atoms with Crippen LogP contribution in [0.2, 0.25) is 0 Å². The Labute approximate surface area is 146 Å². The number of aromatic nitrogens is 4. The van der Waals surface area contributed by atoms with Crippen LogP contribution in [0.3, 0.4) is 0 Å². The zero-order valence-electron chi connectivity index (χ0n) is 14.3.